The van der Waals surface area contributed by atoms with Crippen molar-refractivity contribution in [2.45, 2.75) is 13.5 Å². The number of carboxylic acid groups (broad SMARTS) is 1. The van der Waals surface area contributed by atoms with Crippen LogP contribution >= 0.6 is 0 Å². The Morgan fingerprint density at radius 3 is 2.56 bits per heavy atom. The molecule has 1 heterocycles. The van der Waals surface area contributed by atoms with E-state index in [0.29, 0.717) is 11.5 Å². The SMILES string of the molecule is COc1cc(OC)c2c(c1)cc(C)n2CC(=O)O. The molecule has 1 aromatic heterocycles. The highest BCUT2D eigenvalue weighted by Gasteiger charge is 2.14. The molecule has 0 saturated carbocycles. The third-order valence-electron chi connectivity index (χ3n) is 2.89. The topological polar surface area (TPSA) is 60.7 Å². The van der Waals surface area contributed by atoms with Crippen LogP contribution in [0.15, 0.2) is 18.2 Å². The quantitative estimate of drug-likeness (QED) is 0.900. The van der Waals surface area contributed by atoms with Crippen LogP contribution in [0.4, 0.5) is 0 Å². The first kappa shape index (κ1) is 12.3. The maximum atomic E-state index is 10.9. The van der Waals surface area contributed by atoms with Gasteiger partial charge in [-0.25, -0.2) is 0 Å². The van der Waals surface area contributed by atoms with Crippen LogP contribution < -0.4 is 9.47 Å². The lowest BCUT2D eigenvalue weighted by Crippen LogP contribution is -2.10. The van der Waals surface area contributed by atoms with E-state index in [1.807, 2.05) is 19.1 Å². The molecular formula is C13H15NO4. The maximum absolute atomic E-state index is 10.9. The van der Waals surface area contributed by atoms with Crippen molar-refractivity contribution in [1.82, 2.24) is 4.57 Å². The molecule has 0 aliphatic heterocycles. The highest BCUT2D eigenvalue weighted by Crippen LogP contribution is 2.33. The molecule has 2 rings (SSSR count). The number of carbonyl (C=O) groups is 1. The van der Waals surface area contributed by atoms with Crippen LogP contribution in [0.3, 0.4) is 0 Å². The van der Waals surface area contributed by atoms with E-state index in [1.165, 1.54) is 0 Å². The molecule has 0 amide bonds. The number of nitrogens with zero attached hydrogens (tertiary/aromatic N) is 1. The first-order valence-electron chi connectivity index (χ1n) is 5.50. The van der Waals surface area contributed by atoms with E-state index < -0.39 is 5.97 Å². The minimum atomic E-state index is -0.881. The van der Waals surface area contributed by atoms with E-state index in [-0.39, 0.29) is 6.54 Å². The average Bonchev–Trinajstić information content (AvgIpc) is 2.64. The maximum Gasteiger partial charge on any atom is 0.323 e. The Morgan fingerprint density at radius 1 is 1.28 bits per heavy atom. The molecule has 18 heavy (non-hydrogen) atoms. The summed E-state index contributed by atoms with van der Waals surface area (Å²) in [6.45, 7) is 1.78. The monoisotopic (exact) mass is 249 g/mol. The van der Waals surface area contributed by atoms with Crippen LogP contribution in [0, 0.1) is 6.92 Å². The van der Waals surface area contributed by atoms with Gasteiger partial charge in [0.05, 0.1) is 19.7 Å². The number of methoxy groups -OCH3 is 2. The Morgan fingerprint density at radius 2 is 2.00 bits per heavy atom. The van der Waals surface area contributed by atoms with Gasteiger partial charge in [0, 0.05) is 17.1 Å². The zero-order chi connectivity index (χ0) is 13.3. The normalized spacial score (nSPS) is 10.6. The van der Waals surface area contributed by atoms with Gasteiger partial charge in [-0.1, -0.05) is 0 Å². The predicted molar refractivity (Wildman–Crippen MR) is 67.4 cm³/mol. The van der Waals surface area contributed by atoms with Gasteiger partial charge in [0.1, 0.15) is 18.0 Å². The third-order valence-corrected chi connectivity index (χ3v) is 2.89. The summed E-state index contributed by atoms with van der Waals surface area (Å²) in [5.41, 5.74) is 1.65. The lowest BCUT2D eigenvalue weighted by Gasteiger charge is -2.10. The molecule has 0 radical (unpaired) electrons. The zero-order valence-corrected chi connectivity index (χ0v) is 10.6. The summed E-state index contributed by atoms with van der Waals surface area (Å²) < 4.78 is 12.2. The van der Waals surface area contributed by atoms with Crippen LogP contribution in [0.5, 0.6) is 11.5 Å². The molecule has 0 unspecified atom stereocenters. The summed E-state index contributed by atoms with van der Waals surface area (Å²) in [4.78, 5) is 10.9. The summed E-state index contributed by atoms with van der Waals surface area (Å²) in [5.74, 6) is 0.416. The molecule has 5 heteroatoms. The van der Waals surface area contributed by atoms with Crippen molar-refractivity contribution in [3.63, 3.8) is 0 Å². The van der Waals surface area contributed by atoms with E-state index in [2.05, 4.69) is 0 Å². The lowest BCUT2D eigenvalue weighted by molar-refractivity contribution is -0.137. The zero-order valence-electron chi connectivity index (χ0n) is 10.6. The van der Waals surface area contributed by atoms with Crippen LogP contribution in [0.1, 0.15) is 5.69 Å². The van der Waals surface area contributed by atoms with Crippen molar-refractivity contribution in [3.8, 4) is 11.5 Å². The van der Waals surface area contributed by atoms with Crippen LogP contribution in [0.25, 0.3) is 10.9 Å². The molecule has 0 fully saturated rings. The molecule has 96 valence electrons. The molecule has 2 aromatic rings. The molecule has 0 bridgehead atoms. The molecule has 0 spiro atoms. The fourth-order valence-electron chi connectivity index (χ4n) is 2.09. The second-order valence-electron chi connectivity index (χ2n) is 4.03. The molecule has 0 aliphatic carbocycles. The van der Waals surface area contributed by atoms with Gasteiger partial charge in [-0.3, -0.25) is 4.79 Å². The highest BCUT2D eigenvalue weighted by atomic mass is 16.5. The van der Waals surface area contributed by atoms with Gasteiger partial charge in [0.15, 0.2) is 0 Å². The van der Waals surface area contributed by atoms with E-state index in [9.17, 15) is 4.79 Å². The first-order chi connectivity index (χ1) is 8.56. The fraction of sp³-hybridized carbons (Fsp3) is 0.308. The van der Waals surface area contributed by atoms with Gasteiger partial charge in [-0.15, -0.1) is 0 Å². The Balaban J connectivity index is 2.71. The smallest absolute Gasteiger partial charge is 0.323 e. The minimum absolute atomic E-state index is 0.0853. The molecule has 0 saturated heterocycles. The molecule has 1 aromatic carbocycles. The van der Waals surface area contributed by atoms with E-state index in [4.69, 9.17) is 14.6 Å². The summed E-state index contributed by atoms with van der Waals surface area (Å²) in [6.07, 6.45) is 0. The highest BCUT2D eigenvalue weighted by molar-refractivity contribution is 5.89. The molecule has 1 N–H and O–H groups in total. The van der Waals surface area contributed by atoms with E-state index in [1.54, 1.807) is 24.9 Å². The van der Waals surface area contributed by atoms with Gasteiger partial charge in [0.2, 0.25) is 0 Å². The number of aromatic nitrogens is 1. The van der Waals surface area contributed by atoms with Crippen molar-refractivity contribution in [2.75, 3.05) is 14.2 Å². The number of aliphatic carboxylic acids is 1. The predicted octanol–water partition coefficient (Wildman–Crippen LogP) is 2.05. The molecule has 0 aliphatic rings. The lowest BCUT2D eigenvalue weighted by atomic mass is 10.2. The first-order valence-corrected chi connectivity index (χ1v) is 5.50. The number of fused-ring (bicyclic) bond motifs is 1. The minimum Gasteiger partial charge on any atom is -0.497 e. The number of hydrogen-bond acceptors (Lipinski definition) is 3. The largest absolute Gasteiger partial charge is 0.497 e. The van der Waals surface area contributed by atoms with Crippen molar-refractivity contribution < 1.29 is 19.4 Å². The standard InChI is InChI=1S/C13H15NO4/c1-8-4-9-5-10(17-2)6-11(18-3)13(9)14(8)7-12(15)16/h4-6H,7H2,1-3H3,(H,15,16). The van der Waals surface area contributed by atoms with Crippen LogP contribution in [-0.2, 0) is 11.3 Å². The molecular weight excluding hydrogens is 234 g/mol. The Hall–Kier alpha value is -2.17. The van der Waals surface area contributed by atoms with Gasteiger partial charge in [0.25, 0.3) is 0 Å². The Bertz CT molecular complexity index is 601. The van der Waals surface area contributed by atoms with Gasteiger partial charge in [-0.2, -0.15) is 0 Å². The summed E-state index contributed by atoms with van der Waals surface area (Å²) >= 11 is 0. The molecule has 5 nitrogen and oxygen atoms in total. The summed E-state index contributed by atoms with van der Waals surface area (Å²) in [7, 11) is 3.14. The Kier molecular flexibility index (Phi) is 3.14. The number of rotatable bonds is 4. The van der Waals surface area contributed by atoms with Crippen LogP contribution in [-0.4, -0.2) is 29.9 Å². The van der Waals surface area contributed by atoms with Gasteiger partial charge >= 0.3 is 5.97 Å². The van der Waals surface area contributed by atoms with Crippen molar-refractivity contribution in [3.05, 3.63) is 23.9 Å². The number of hydrogen-bond donors (Lipinski definition) is 1. The number of ether oxygens (including phenoxy) is 2. The third kappa shape index (κ3) is 1.99. The number of benzene rings is 1. The van der Waals surface area contributed by atoms with Crippen molar-refractivity contribution >= 4 is 16.9 Å². The fourth-order valence-corrected chi connectivity index (χ4v) is 2.09. The van der Waals surface area contributed by atoms with E-state index >= 15 is 0 Å². The van der Waals surface area contributed by atoms with E-state index in [0.717, 1.165) is 16.6 Å². The van der Waals surface area contributed by atoms with Crippen molar-refractivity contribution in [1.29, 1.82) is 0 Å². The average molecular weight is 249 g/mol. The number of aryl methyl sites for hydroxylation is 1. The summed E-state index contributed by atoms with van der Waals surface area (Å²) in [5, 5.41) is 9.85. The molecule has 0 atom stereocenters. The Labute approximate surface area is 105 Å². The van der Waals surface area contributed by atoms with Gasteiger partial charge < -0.3 is 19.1 Å². The summed E-state index contributed by atoms with van der Waals surface area (Å²) in [6, 6.07) is 5.53. The number of carboxylic acids is 1. The second kappa shape index (κ2) is 4.60. The second-order valence-corrected chi connectivity index (χ2v) is 4.03. The van der Waals surface area contributed by atoms with Gasteiger partial charge in [-0.05, 0) is 19.1 Å². The van der Waals surface area contributed by atoms with Crippen LogP contribution in [0.2, 0.25) is 0 Å². The van der Waals surface area contributed by atoms with Crippen molar-refractivity contribution in [2.24, 2.45) is 0 Å².